The van der Waals surface area contributed by atoms with Crippen molar-refractivity contribution < 1.29 is 19.4 Å². The van der Waals surface area contributed by atoms with Gasteiger partial charge in [0, 0.05) is 0 Å². The lowest BCUT2D eigenvalue weighted by atomic mass is 10.00. The van der Waals surface area contributed by atoms with Crippen LogP contribution >= 0.6 is 0 Å². The molecule has 5 heteroatoms. The number of carboxylic acids is 1. The normalized spacial score (nSPS) is 11.3. The summed E-state index contributed by atoms with van der Waals surface area (Å²) < 4.78 is 5.86. The number of nitrogens with one attached hydrogen (secondary N) is 1. The molecule has 0 fully saturated rings. The first kappa shape index (κ1) is 17.0. The first-order valence-corrected chi connectivity index (χ1v) is 6.93. The molecule has 0 aromatic heterocycles. The van der Waals surface area contributed by atoms with Gasteiger partial charge >= 0.3 is 5.97 Å². The third-order valence-electron chi connectivity index (χ3n) is 3.10. The Balaban J connectivity index is 2.95. The number of hydrogen-bond donors (Lipinski definition) is 2. The Morgan fingerprint density at radius 1 is 1.33 bits per heavy atom. The summed E-state index contributed by atoms with van der Waals surface area (Å²) in [5.74, 6) is -0.627. The van der Waals surface area contributed by atoms with E-state index in [0.29, 0.717) is 5.75 Å². The number of carbonyl (C=O) groups is 2. The molecular formula is C16H23NO4. The number of benzene rings is 1. The Morgan fingerprint density at radius 2 is 1.95 bits per heavy atom. The molecule has 116 valence electrons. The van der Waals surface area contributed by atoms with E-state index in [1.54, 1.807) is 13.8 Å². The van der Waals surface area contributed by atoms with E-state index < -0.39 is 24.0 Å². The summed E-state index contributed by atoms with van der Waals surface area (Å²) >= 11 is 0. The smallest absolute Gasteiger partial charge is 0.322 e. The molecule has 21 heavy (non-hydrogen) atoms. The first-order chi connectivity index (χ1) is 9.63. The van der Waals surface area contributed by atoms with Gasteiger partial charge in [-0.2, -0.15) is 0 Å². The van der Waals surface area contributed by atoms with Crippen LogP contribution in [0.2, 0.25) is 0 Å². The van der Waals surface area contributed by atoms with Crippen molar-refractivity contribution >= 4 is 11.9 Å². The molecule has 0 bridgehead atoms. The van der Waals surface area contributed by atoms with Crippen molar-refractivity contribution in [1.29, 1.82) is 0 Å². The number of aryl methyl sites for hydroxylation is 1. The van der Waals surface area contributed by atoms with Gasteiger partial charge in [0.2, 0.25) is 0 Å². The molecule has 1 aromatic rings. The summed E-state index contributed by atoms with van der Waals surface area (Å²) in [6.45, 7) is 8.88. The lowest BCUT2D eigenvalue weighted by molar-refractivity contribution is -0.141. The van der Waals surface area contributed by atoms with Gasteiger partial charge in [-0.3, -0.25) is 9.59 Å². The lowest BCUT2D eigenvalue weighted by Crippen LogP contribution is -2.48. The fraction of sp³-hybridized carbons (Fsp3) is 0.500. The van der Waals surface area contributed by atoms with Crippen molar-refractivity contribution in [3.05, 3.63) is 29.3 Å². The summed E-state index contributed by atoms with van der Waals surface area (Å²) in [4.78, 5) is 22.6. The largest absolute Gasteiger partial charge is 0.480 e. The molecule has 0 spiro atoms. The SMILES string of the molecule is Cc1ccc(C(C)C)c(OC(C)(C)C(=O)NCC(=O)O)c1. The molecule has 0 heterocycles. The van der Waals surface area contributed by atoms with E-state index in [1.165, 1.54) is 0 Å². The molecule has 1 amide bonds. The zero-order valence-corrected chi connectivity index (χ0v) is 13.2. The van der Waals surface area contributed by atoms with E-state index in [1.807, 2.05) is 25.1 Å². The highest BCUT2D eigenvalue weighted by molar-refractivity contribution is 5.87. The van der Waals surface area contributed by atoms with Crippen LogP contribution < -0.4 is 10.1 Å². The maximum Gasteiger partial charge on any atom is 0.322 e. The van der Waals surface area contributed by atoms with Gasteiger partial charge in [0.1, 0.15) is 12.3 Å². The van der Waals surface area contributed by atoms with Crippen LogP contribution in [0.15, 0.2) is 18.2 Å². The predicted molar refractivity (Wildman–Crippen MR) is 80.6 cm³/mol. The van der Waals surface area contributed by atoms with Gasteiger partial charge in [-0.1, -0.05) is 26.0 Å². The number of amides is 1. The Labute approximate surface area is 125 Å². The monoisotopic (exact) mass is 293 g/mol. The van der Waals surface area contributed by atoms with Crippen molar-refractivity contribution in [1.82, 2.24) is 5.32 Å². The van der Waals surface area contributed by atoms with Gasteiger partial charge in [-0.05, 0) is 43.9 Å². The second kappa shape index (κ2) is 6.61. The van der Waals surface area contributed by atoms with Crippen molar-refractivity contribution in [2.75, 3.05) is 6.54 Å². The minimum atomic E-state index is -1.15. The van der Waals surface area contributed by atoms with Crippen molar-refractivity contribution in [2.24, 2.45) is 0 Å². The molecule has 5 nitrogen and oxygen atoms in total. The highest BCUT2D eigenvalue weighted by Gasteiger charge is 2.31. The number of aliphatic carboxylic acids is 1. The van der Waals surface area contributed by atoms with Crippen LogP contribution in [0.5, 0.6) is 5.75 Å². The predicted octanol–water partition coefficient (Wildman–Crippen LogP) is 2.48. The highest BCUT2D eigenvalue weighted by Crippen LogP contribution is 2.30. The molecule has 0 saturated carbocycles. The maximum absolute atomic E-state index is 12.0. The van der Waals surface area contributed by atoms with Crippen molar-refractivity contribution in [2.45, 2.75) is 46.1 Å². The highest BCUT2D eigenvalue weighted by atomic mass is 16.5. The van der Waals surface area contributed by atoms with E-state index in [4.69, 9.17) is 9.84 Å². The summed E-state index contributed by atoms with van der Waals surface area (Å²) in [5, 5.41) is 11.0. The molecule has 0 aliphatic rings. The van der Waals surface area contributed by atoms with E-state index >= 15 is 0 Å². The van der Waals surface area contributed by atoms with Crippen LogP contribution in [0.4, 0.5) is 0 Å². The summed E-state index contributed by atoms with van der Waals surface area (Å²) in [7, 11) is 0. The standard InChI is InChI=1S/C16H23NO4/c1-10(2)12-7-6-11(3)8-13(12)21-16(4,5)15(20)17-9-14(18)19/h6-8,10H,9H2,1-5H3,(H,17,20)(H,18,19). The molecule has 0 atom stereocenters. The molecule has 1 rings (SSSR count). The lowest BCUT2D eigenvalue weighted by Gasteiger charge is -2.27. The van der Waals surface area contributed by atoms with Crippen LogP contribution in [0.1, 0.15) is 44.7 Å². The quantitative estimate of drug-likeness (QED) is 0.845. The van der Waals surface area contributed by atoms with Crippen LogP contribution in [0.3, 0.4) is 0 Å². The average molecular weight is 293 g/mol. The zero-order chi connectivity index (χ0) is 16.2. The Bertz CT molecular complexity index is 535. The number of hydrogen-bond acceptors (Lipinski definition) is 3. The molecule has 0 unspecified atom stereocenters. The van der Waals surface area contributed by atoms with Crippen molar-refractivity contribution in [3.8, 4) is 5.75 Å². The molecular weight excluding hydrogens is 270 g/mol. The van der Waals surface area contributed by atoms with E-state index in [9.17, 15) is 9.59 Å². The Hall–Kier alpha value is -2.04. The third-order valence-corrected chi connectivity index (χ3v) is 3.10. The Morgan fingerprint density at radius 3 is 2.48 bits per heavy atom. The molecule has 2 N–H and O–H groups in total. The second-order valence-corrected chi connectivity index (χ2v) is 5.88. The zero-order valence-electron chi connectivity index (χ0n) is 13.2. The van der Waals surface area contributed by atoms with Gasteiger partial charge in [0.25, 0.3) is 5.91 Å². The topological polar surface area (TPSA) is 75.6 Å². The fourth-order valence-corrected chi connectivity index (χ4v) is 1.90. The van der Waals surface area contributed by atoms with Gasteiger partial charge in [0.15, 0.2) is 5.60 Å². The molecule has 0 saturated heterocycles. The molecule has 0 aliphatic carbocycles. The molecule has 0 aliphatic heterocycles. The van der Waals surface area contributed by atoms with Gasteiger partial charge in [-0.15, -0.1) is 0 Å². The summed E-state index contributed by atoms with van der Waals surface area (Å²) in [5.41, 5.74) is 0.906. The van der Waals surface area contributed by atoms with Crippen LogP contribution in [0.25, 0.3) is 0 Å². The van der Waals surface area contributed by atoms with Crippen LogP contribution in [-0.2, 0) is 9.59 Å². The van der Waals surface area contributed by atoms with Crippen LogP contribution in [-0.4, -0.2) is 29.1 Å². The molecule has 1 aromatic carbocycles. The van der Waals surface area contributed by atoms with Gasteiger partial charge < -0.3 is 15.2 Å². The number of carboxylic acid groups (broad SMARTS) is 1. The number of carbonyl (C=O) groups excluding carboxylic acids is 1. The van der Waals surface area contributed by atoms with E-state index in [0.717, 1.165) is 11.1 Å². The fourth-order valence-electron chi connectivity index (χ4n) is 1.90. The Kier molecular flexibility index (Phi) is 5.35. The van der Waals surface area contributed by atoms with Gasteiger partial charge in [0.05, 0.1) is 0 Å². The minimum Gasteiger partial charge on any atom is -0.480 e. The first-order valence-electron chi connectivity index (χ1n) is 6.93. The van der Waals surface area contributed by atoms with Crippen molar-refractivity contribution in [3.63, 3.8) is 0 Å². The van der Waals surface area contributed by atoms with Gasteiger partial charge in [-0.25, -0.2) is 0 Å². The summed E-state index contributed by atoms with van der Waals surface area (Å²) in [6, 6.07) is 5.88. The van der Waals surface area contributed by atoms with E-state index in [2.05, 4.69) is 19.2 Å². The average Bonchev–Trinajstić information content (AvgIpc) is 2.34. The molecule has 0 radical (unpaired) electrons. The number of ether oxygens (including phenoxy) is 1. The minimum absolute atomic E-state index is 0.262. The maximum atomic E-state index is 12.0. The number of rotatable bonds is 6. The van der Waals surface area contributed by atoms with E-state index in [-0.39, 0.29) is 5.92 Å². The van der Waals surface area contributed by atoms with Crippen LogP contribution in [0, 0.1) is 6.92 Å². The second-order valence-electron chi connectivity index (χ2n) is 5.88. The third kappa shape index (κ3) is 4.77. The summed E-state index contributed by atoms with van der Waals surface area (Å²) in [6.07, 6.45) is 0.